The highest BCUT2D eigenvalue weighted by atomic mass is 32.1. The van der Waals surface area contributed by atoms with Crippen molar-refractivity contribution in [2.45, 2.75) is 85.7 Å². The largest absolute Gasteiger partial charge is 0.500 e. The lowest BCUT2D eigenvalue weighted by Crippen LogP contribution is -2.46. The summed E-state index contributed by atoms with van der Waals surface area (Å²) in [5.41, 5.74) is -0.947. The number of thiol groups is 2. The van der Waals surface area contributed by atoms with E-state index in [1.54, 1.807) is 0 Å². The molecule has 0 fully saturated rings. The zero-order valence-corrected chi connectivity index (χ0v) is 25.6. The Morgan fingerprint density at radius 2 is 0.912 bits per heavy atom. The van der Waals surface area contributed by atoms with Crippen LogP contribution in [0.5, 0.6) is 0 Å². The molecule has 0 aromatic rings. The van der Waals surface area contributed by atoms with Crippen molar-refractivity contribution in [3.05, 3.63) is 0 Å². The lowest BCUT2D eigenvalue weighted by molar-refractivity contribution is -0.125. The van der Waals surface area contributed by atoms with E-state index in [1.165, 1.54) is 0 Å². The average molecular weight is 559 g/mol. The van der Waals surface area contributed by atoms with Crippen LogP contribution in [0.25, 0.3) is 0 Å². The molecule has 12 heteroatoms. The van der Waals surface area contributed by atoms with Crippen LogP contribution in [0.1, 0.15) is 73.6 Å². The summed E-state index contributed by atoms with van der Waals surface area (Å²) >= 11 is 8.19. The topological polar surface area (TPSA) is 89.5 Å². The Labute approximate surface area is 219 Å². The Morgan fingerprint density at radius 3 is 1.12 bits per heavy atom. The average Bonchev–Trinajstić information content (AvgIpc) is 2.74. The van der Waals surface area contributed by atoms with E-state index in [9.17, 15) is 9.59 Å². The Balaban J connectivity index is 5.59. The van der Waals surface area contributed by atoms with Gasteiger partial charge in [0.25, 0.3) is 0 Å². The van der Waals surface area contributed by atoms with E-state index in [4.69, 9.17) is 26.6 Å². The molecule has 0 saturated heterocycles. The van der Waals surface area contributed by atoms with Crippen LogP contribution < -0.4 is 0 Å². The summed E-state index contributed by atoms with van der Waals surface area (Å²) in [5.74, 6) is 0. The SMILES string of the molecule is CCO[Si](CCCC(CCC[Si](OCC)(OCC)OCC)(CC(=O)S)C(=O)S)(OCC)OCC. The van der Waals surface area contributed by atoms with Crippen molar-refractivity contribution in [3.8, 4) is 0 Å². The molecule has 0 aromatic heterocycles. The summed E-state index contributed by atoms with van der Waals surface area (Å²) in [4.78, 5) is 24.8. The van der Waals surface area contributed by atoms with Gasteiger partial charge in [0, 0.05) is 63.6 Å². The van der Waals surface area contributed by atoms with Crippen molar-refractivity contribution in [2.75, 3.05) is 39.6 Å². The Hall–Kier alpha value is 0.234. The van der Waals surface area contributed by atoms with Gasteiger partial charge in [-0.15, -0.1) is 25.3 Å². The number of hydrogen-bond acceptors (Lipinski definition) is 8. The second-order valence-corrected chi connectivity index (χ2v) is 14.2. The van der Waals surface area contributed by atoms with Crippen molar-refractivity contribution in [1.82, 2.24) is 0 Å². The van der Waals surface area contributed by atoms with Gasteiger partial charge in [0.05, 0.1) is 0 Å². The monoisotopic (exact) mass is 558 g/mol. The second-order valence-electron chi connectivity index (χ2n) is 7.83. The quantitative estimate of drug-likeness (QED) is 0.135. The normalized spacial score (nSPS) is 12.8. The van der Waals surface area contributed by atoms with Crippen LogP contribution in [0.3, 0.4) is 0 Å². The molecule has 34 heavy (non-hydrogen) atoms. The summed E-state index contributed by atoms with van der Waals surface area (Å²) in [7, 11) is -5.71. The summed E-state index contributed by atoms with van der Waals surface area (Å²) in [6.45, 7) is 14.4. The molecule has 0 rings (SSSR count). The summed E-state index contributed by atoms with van der Waals surface area (Å²) in [6, 6.07) is 1.11. The minimum Gasteiger partial charge on any atom is -0.374 e. The first-order valence-corrected chi connectivity index (χ1v) is 17.2. The third-order valence-corrected chi connectivity index (χ3v) is 12.3. The zero-order chi connectivity index (χ0) is 26.1. The van der Waals surface area contributed by atoms with Gasteiger partial charge in [-0.3, -0.25) is 9.59 Å². The van der Waals surface area contributed by atoms with Gasteiger partial charge in [-0.1, -0.05) is 0 Å². The maximum Gasteiger partial charge on any atom is 0.500 e. The smallest absolute Gasteiger partial charge is 0.374 e. The molecule has 202 valence electrons. The number of rotatable bonds is 23. The first-order chi connectivity index (χ1) is 16.1. The van der Waals surface area contributed by atoms with E-state index in [0.717, 1.165) is 0 Å². The first kappa shape index (κ1) is 34.2. The first-order valence-electron chi connectivity index (χ1n) is 12.4. The molecule has 0 spiro atoms. The van der Waals surface area contributed by atoms with E-state index < -0.39 is 23.0 Å². The highest BCUT2D eigenvalue weighted by molar-refractivity contribution is 7.97. The van der Waals surface area contributed by atoms with E-state index in [0.29, 0.717) is 77.4 Å². The fourth-order valence-corrected chi connectivity index (χ4v) is 10.00. The minimum atomic E-state index is -2.86. The van der Waals surface area contributed by atoms with Gasteiger partial charge >= 0.3 is 17.6 Å². The molecule has 0 saturated carbocycles. The van der Waals surface area contributed by atoms with E-state index in [-0.39, 0.29) is 16.7 Å². The van der Waals surface area contributed by atoms with Crippen molar-refractivity contribution in [3.63, 3.8) is 0 Å². The van der Waals surface area contributed by atoms with Crippen molar-refractivity contribution >= 4 is 53.1 Å². The molecule has 0 aromatic carbocycles. The van der Waals surface area contributed by atoms with Crippen LogP contribution in [-0.2, 0) is 36.1 Å². The molecule has 0 N–H and O–H groups in total. The van der Waals surface area contributed by atoms with E-state index in [1.807, 2.05) is 41.5 Å². The molecule has 0 atom stereocenters. The van der Waals surface area contributed by atoms with Gasteiger partial charge in [-0.25, -0.2) is 0 Å². The van der Waals surface area contributed by atoms with Crippen LogP contribution in [0.2, 0.25) is 12.1 Å². The van der Waals surface area contributed by atoms with Crippen LogP contribution >= 0.6 is 25.3 Å². The van der Waals surface area contributed by atoms with E-state index >= 15 is 0 Å². The maximum atomic E-state index is 12.8. The van der Waals surface area contributed by atoms with Gasteiger partial charge < -0.3 is 26.6 Å². The van der Waals surface area contributed by atoms with Crippen molar-refractivity contribution in [2.24, 2.45) is 5.41 Å². The molecule has 0 bridgehead atoms. The highest BCUT2D eigenvalue weighted by Gasteiger charge is 2.45. The summed E-state index contributed by atoms with van der Waals surface area (Å²) < 4.78 is 35.6. The van der Waals surface area contributed by atoms with Gasteiger partial charge in [0.15, 0.2) is 10.2 Å². The Morgan fingerprint density at radius 1 is 0.618 bits per heavy atom. The molecular formula is C22H46O8S2Si2. The number of carbonyl (C=O) groups is 2. The van der Waals surface area contributed by atoms with Crippen LogP contribution in [-0.4, -0.2) is 67.5 Å². The molecular weight excluding hydrogens is 513 g/mol. The lowest BCUT2D eigenvalue weighted by Gasteiger charge is -2.34. The summed E-state index contributed by atoms with van der Waals surface area (Å²) in [6.07, 6.45) is 2.12. The van der Waals surface area contributed by atoms with Crippen molar-refractivity contribution in [1.29, 1.82) is 0 Å². The number of hydrogen-bond donors (Lipinski definition) is 2. The van der Waals surface area contributed by atoms with Crippen LogP contribution in [0.4, 0.5) is 0 Å². The lowest BCUT2D eigenvalue weighted by atomic mass is 9.78. The number of carbonyl (C=O) groups excluding carboxylic acids is 2. The molecule has 8 nitrogen and oxygen atoms in total. The fourth-order valence-electron chi connectivity index (χ4n) is 4.17. The molecule has 0 unspecified atom stereocenters. The maximum absolute atomic E-state index is 12.8. The molecule has 0 aliphatic heterocycles. The van der Waals surface area contributed by atoms with Gasteiger partial charge in [0.1, 0.15) is 0 Å². The highest BCUT2D eigenvalue weighted by Crippen LogP contribution is 2.40. The van der Waals surface area contributed by atoms with Crippen LogP contribution in [0.15, 0.2) is 0 Å². The van der Waals surface area contributed by atoms with Gasteiger partial charge in [0.2, 0.25) is 0 Å². The van der Waals surface area contributed by atoms with Crippen molar-refractivity contribution < 1.29 is 36.1 Å². The molecule has 0 heterocycles. The van der Waals surface area contributed by atoms with Gasteiger partial charge in [-0.2, -0.15) is 0 Å². The zero-order valence-electron chi connectivity index (χ0n) is 21.9. The Kier molecular flexibility index (Phi) is 18.6. The predicted octanol–water partition coefficient (Wildman–Crippen LogP) is 4.93. The predicted molar refractivity (Wildman–Crippen MR) is 144 cm³/mol. The van der Waals surface area contributed by atoms with Crippen LogP contribution in [0, 0.1) is 5.41 Å². The third kappa shape index (κ3) is 12.0. The standard InChI is InChI=1S/C22H46O8S2Si2/c1-7-25-33(26-8-2,27-9-3)17-13-15-22(21(24)32,19-20(23)31)16-14-18-34(28-10-4,29-11-5)30-12-6/h7-19H2,1-6H3,(H,23,31)(H,24,32). The van der Waals surface area contributed by atoms with Gasteiger partial charge in [-0.05, 0) is 67.2 Å². The fraction of sp³-hybridized carbons (Fsp3) is 0.909. The third-order valence-electron chi connectivity index (χ3n) is 5.41. The minimum absolute atomic E-state index is 0.0113. The summed E-state index contributed by atoms with van der Waals surface area (Å²) in [5, 5.41) is -0.656. The molecule has 0 aliphatic rings. The Bertz CT molecular complexity index is 517. The molecule has 0 radical (unpaired) electrons. The molecule has 0 aliphatic carbocycles. The van der Waals surface area contributed by atoms with E-state index in [2.05, 4.69) is 25.3 Å². The molecule has 0 amide bonds. The second kappa shape index (κ2) is 18.5.